The van der Waals surface area contributed by atoms with Gasteiger partial charge in [0, 0.05) is 0 Å². The molecular formula is C14H12F2O. The fraction of sp³-hybridized carbons (Fsp3) is 0.143. The van der Waals surface area contributed by atoms with Crippen LogP contribution in [0, 0.1) is 11.6 Å². The number of phenols is 1. The van der Waals surface area contributed by atoms with E-state index in [2.05, 4.69) is 0 Å². The van der Waals surface area contributed by atoms with Gasteiger partial charge in [-0.2, -0.15) is 0 Å². The van der Waals surface area contributed by atoms with Crippen molar-refractivity contribution in [1.82, 2.24) is 0 Å². The summed E-state index contributed by atoms with van der Waals surface area (Å²) in [6.07, 6.45) is 0.915. The zero-order valence-corrected chi connectivity index (χ0v) is 9.37. The van der Waals surface area contributed by atoms with E-state index >= 15 is 0 Å². The van der Waals surface area contributed by atoms with Gasteiger partial charge in [0.1, 0.15) is 0 Å². The van der Waals surface area contributed by atoms with E-state index in [1.165, 1.54) is 0 Å². The number of rotatable bonds is 2. The fourth-order valence-electron chi connectivity index (χ4n) is 1.67. The second kappa shape index (κ2) is 4.53. The summed E-state index contributed by atoms with van der Waals surface area (Å²) < 4.78 is 26.4. The van der Waals surface area contributed by atoms with Crippen LogP contribution in [0.3, 0.4) is 0 Å². The van der Waals surface area contributed by atoms with Crippen LogP contribution in [0.1, 0.15) is 12.5 Å². The maximum Gasteiger partial charge on any atom is 0.187 e. The van der Waals surface area contributed by atoms with Gasteiger partial charge in [-0.1, -0.05) is 31.2 Å². The normalized spacial score (nSPS) is 10.5. The quantitative estimate of drug-likeness (QED) is 0.835. The zero-order chi connectivity index (χ0) is 12.4. The SMILES string of the molecule is CCc1ccc(-c2cc(F)c(O)c(F)c2)cc1. The molecule has 0 fully saturated rings. The van der Waals surface area contributed by atoms with Gasteiger partial charge >= 0.3 is 0 Å². The van der Waals surface area contributed by atoms with Gasteiger partial charge in [-0.15, -0.1) is 0 Å². The number of hydrogen-bond acceptors (Lipinski definition) is 1. The summed E-state index contributed by atoms with van der Waals surface area (Å²) in [5.74, 6) is -2.82. The Kier molecular flexibility index (Phi) is 3.09. The van der Waals surface area contributed by atoms with Crippen molar-refractivity contribution in [2.75, 3.05) is 0 Å². The Morgan fingerprint density at radius 2 is 1.47 bits per heavy atom. The van der Waals surface area contributed by atoms with E-state index < -0.39 is 17.4 Å². The fourth-order valence-corrected chi connectivity index (χ4v) is 1.67. The summed E-state index contributed by atoms with van der Waals surface area (Å²) in [6, 6.07) is 9.70. The van der Waals surface area contributed by atoms with Crippen molar-refractivity contribution in [1.29, 1.82) is 0 Å². The molecule has 1 N–H and O–H groups in total. The zero-order valence-electron chi connectivity index (χ0n) is 9.37. The highest BCUT2D eigenvalue weighted by Gasteiger charge is 2.10. The Bertz CT molecular complexity index is 509. The van der Waals surface area contributed by atoms with Gasteiger partial charge < -0.3 is 5.11 Å². The number of phenolic OH excluding ortho intramolecular Hbond substituents is 1. The molecule has 0 spiro atoms. The van der Waals surface area contributed by atoms with Crippen molar-refractivity contribution in [3.63, 3.8) is 0 Å². The lowest BCUT2D eigenvalue weighted by Crippen LogP contribution is -1.87. The van der Waals surface area contributed by atoms with E-state index in [0.717, 1.165) is 29.7 Å². The molecule has 0 unspecified atom stereocenters. The summed E-state index contributed by atoms with van der Waals surface area (Å²) in [7, 11) is 0. The lowest BCUT2D eigenvalue weighted by atomic mass is 10.0. The minimum absolute atomic E-state index is 0.417. The Hall–Kier alpha value is -1.90. The Morgan fingerprint density at radius 1 is 0.941 bits per heavy atom. The Balaban J connectivity index is 2.45. The van der Waals surface area contributed by atoms with E-state index in [4.69, 9.17) is 5.11 Å². The molecule has 3 heteroatoms. The molecular weight excluding hydrogens is 222 g/mol. The first kappa shape index (κ1) is 11.6. The van der Waals surface area contributed by atoms with Crippen LogP contribution in [0.4, 0.5) is 8.78 Å². The number of benzene rings is 2. The maximum absolute atomic E-state index is 13.2. The first-order chi connectivity index (χ1) is 8.11. The molecule has 0 saturated heterocycles. The minimum Gasteiger partial charge on any atom is -0.503 e. The molecule has 2 aromatic carbocycles. The number of hydrogen-bond donors (Lipinski definition) is 1. The molecule has 0 saturated carbocycles. The molecule has 17 heavy (non-hydrogen) atoms. The lowest BCUT2D eigenvalue weighted by molar-refractivity contribution is 0.396. The summed E-state index contributed by atoms with van der Waals surface area (Å²) in [5.41, 5.74) is 2.30. The molecule has 0 bridgehead atoms. The molecule has 0 aliphatic rings. The van der Waals surface area contributed by atoms with E-state index in [1.807, 2.05) is 31.2 Å². The summed E-state index contributed by atoms with van der Waals surface area (Å²) in [6.45, 7) is 2.04. The number of aromatic hydroxyl groups is 1. The predicted molar refractivity (Wildman–Crippen MR) is 62.8 cm³/mol. The molecule has 0 aromatic heterocycles. The molecule has 88 valence electrons. The average Bonchev–Trinajstić information content (AvgIpc) is 2.35. The maximum atomic E-state index is 13.2. The van der Waals surface area contributed by atoms with Crippen molar-refractivity contribution >= 4 is 0 Å². The predicted octanol–water partition coefficient (Wildman–Crippen LogP) is 3.90. The molecule has 0 heterocycles. The van der Waals surface area contributed by atoms with E-state index in [0.29, 0.717) is 5.56 Å². The van der Waals surface area contributed by atoms with Crippen LogP contribution in [0.5, 0.6) is 5.75 Å². The van der Waals surface area contributed by atoms with Gasteiger partial charge in [0.05, 0.1) is 0 Å². The largest absolute Gasteiger partial charge is 0.503 e. The molecule has 0 aliphatic carbocycles. The van der Waals surface area contributed by atoms with Crippen LogP contribution in [-0.4, -0.2) is 5.11 Å². The third-order valence-corrected chi connectivity index (χ3v) is 2.71. The van der Waals surface area contributed by atoms with Crippen LogP contribution >= 0.6 is 0 Å². The van der Waals surface area contributed by atoms with Crippen molar-refractivity contribution < 1.29 is 13.9 Å². The molecule has 1 nitrogen and oxygen atoms in total. The van der Waals surface area contributed by atoms with Crippen molar-refractivity contribution in [2.45, 2.75) is 13.3 Å². The van der Waals surface area contributed by atoms with E-state index in [1.54, 1.807) is 0 Å². The molecule has 2 rings (SSSR count). The topological polar surface area (TPSA) is 20.2 Å². The first-order valence-electron chi connectivity index (χ1n) is 5.39. The van der Waals surface area contributed by atoms with Gasteiger partial charge in [-0.3, -0.25) is 0 Å². The van der Waals surface area contributed by atoms with Crippen LogP contribution < -0.4 is 0 Å². The molecule has 0 radical (unpaired) electrons. The van der Waals surface area contributed by atoms with Gasteiger partial charge in [0.15, 0.2) is 17.4 Å². The summed E-state index contributed by atoms with van der Waals surface area (Å²) in [5, 5.41) is 9.01. The Morgan fingerprint density at radius 3 is 1.94 bits per heavy atom. The van der Waals surface area contributed by atoms with Crippen molar-refractivity contribution in [3.8, 4) is 16.9 Å². The molecule has 0 amide bonds. The lowest BCUT2D eigenvalue weighted by Gasteiger charge is -2.05. The van der Waals surface area contributed by atoms with Gasteiger partial charge in [-0.05, 0) is 35.2 Å². The highest BCUT2D eigenvalue weighted by molar-refractivity contribution is 5.64. The summed E-state index contributed by atoms with van der Waals surface area (Å²) in [4.78, 5) is 0. The van der Waals surface area contributed by atoms with Gasteiger partial charge in [0.2, 0.25) is 0 Å². The highest BCUT2D eigenvalue weighted by atomic mass is 19.1. The van der Waals surface area contributed by atoms with Crippen LogP contribution in [0.25, 0.3) is 11.1 Å². The first-order valence-corrected chi connectivity index (χ1v) is 5.39. The standard InChI is InChI=1S/C14H12F2O/c1-2-9-3-5-10(6-4-9)11-7-12(15)14(17)13(16)8-11/h3-8,17H,2H2,1H3. The highest BCUT2D eigenvalue weighted by Crippen LogP contribution is 2.28. The van der Waals surface area contributed by atoms with Crippen LogP contribution in [0.15, 0.2) is 36.4 Å². The molecule has 0 atom stereocenters. The average molecular weight is 234 g/mol. The Labute approximate surface area is 98.3 Å². The third-order valence-electron chi connectivity index (χ3n) is 2.71. The monoisotopic (exact) mass is 234 g/mol. The van der Waals surface area contributed by atoms with Gasteiger partial charge in [0.25, 0.3) is 0 Å². The van der Waals surface area contributed by atoms with Crippen LogP contribution in [-0.2, 0) is 6.42 Å². The van der Waals surface area contributed by atoms with E-state index in [9.17, 15) is 8.78 Å². The van der Waals surface area contributed by atoms with E-state index in [-0.39, 0.29) is 0 Å². The van der Waals surface area contributed by atoms with Crippen molar-refractivity contribution in [2.24, 2.45) is 0 Å². The third kappa shape index (κ3) is 2.28. The van der Waals surface area contributed by atoms with Crippen molar-refractivity contribution in [3.05, 3.63) is 53.6 Å². The van der Waals surface area contributed by atoms with Gasteiger partial charge in [-0.25, -0.2) is 8.78 Å². The number of halogens is 2. The molecule has 0 aliphatic heterocycles. The smallest absolute Gasteiger partial charge is 0.187 e. The second-order valence-electron chi connectivity index (χ2n) is 3.84. The minimum atomic E-state index is -0.945. The number of aryl methyl sites for hydroxylation is 1. The second-order valence-corrected chi connectivity index (χ2v) is 3.84. The van der Waals surface area contributed by atoms with Crippen LogP contribution in [0.2, 0.25) is 0 Å². The summed E-state index contributed by atoms with van der Waals surface area (Å²) >= 11 is 0. The molecule has 2 aromatic rings.